The largest absolute Gasteiger partial charge is 0.496 e. The predicted octanol–water partition coefficient (Wildman–Crippen LogP) is 1.23. The molecule has 1 heterocycles. The molecular weight excluding hydrogens is 235 g/mol. The van der Waals surface area contributed by atoms with Gasteiger partial charge < -0.3 is 15.4 Å². The van der Waals surface area contributed by atoms with Gasteiger partial charge in [-0.25, -0.2) is 4.39 Å². The molecule has 1 unspecified atom stereocenters. The van der Waals surface area contributed by atoms with Gasteiger partial charge in [-0.2, -0.15) is 0 Å². The molecule has 0 saturated carbocycles. The van der Waals surface area contributed by atoms with E-state index in [1.54, 1.807) is 6.07 Å². The minimum absolute atomic E-state index is 0.00688. The summed E-state index contributed by atoms with van der Waals surface area (Å²) in [5, 5.41) is 5.92. The van der Waals surface area contributed by atoms with Crippen LogP contribution in [-0.2, 0) is 4.79 Å². The minimum atomic E-state index is -0.336. The molecular formula is C13H17FN2O2. The Bertz CT molecular complexity index is 447. The van der Waals surface area contributed by atoms with Gasteiger partial charge >= 0.3 is 0 Å². The molecule has 5 heteroatoms. The molecule has 1 fully saturated rings. The van der Waals surface area contributed by atoms with Crippen LogP contribution in [0.2, 0.25) is 0 Å². The van der Waals surface area contributed by atoms with Crippen molar-refractivity contribution < 1.29 is 13.9 Å². The maximum Gasteiger partial charge on any atom is 0.226 e. The second kappa shape index (κ2) is 5.35. The molecule has 1 aliphatic rings. The number of benzene rings is 1. The first-order valence-corrected chi connectivity index (χ1v) is 5.96. The lowest BCUT2D eigenvalue weighted by Crippen LogP contribution is -2.51. The number of hydrogen-bond acceptors (Lipinski definition) is 3. The number of carbonyl (C=O) groups excluding carboxylic acids is 1. The van der Waals surface area contributed by atoms with Crippen LogP contribution < -0.4 is 15.4 Å². The molecule has 1 saturated heterocycles. The summed E-state index contributed by atoms with van der Waals surface area (Å²) in [5.41, 5.74) is 0.651. The number of halogens is 1. The highest BCUT2D eigenvalue weighted by molar-refractivity contribution is 5.80. The number of rotatable bonds is 4. The third-order valence-electron chi connectivity index (χ3n) is 3.17. The second-order valence-corrected chi connectivity index (χ2v) is 4.47. The molecule has 0 bridgehead atoms. The molecule has 0 aliphatic carbocycles. The Labute approximate surface area is 106 Å². The topological polar surface area (TPSA) is 50.4 Å². The third-order valence-corrected chi connectivity index (χ3v) is 3.17. The van der Waals surface area contributed by atoms with Crippen molar-refractivity contribution in [2.24, 2.45) is 5.92 Å². The zero-order chi connectivity index (χ0) is 13.1. The van der Waals surface area contributed by atoms with E-state index in [0.717, 1.165) is 0 Å². The summed E-state index contributed by atoms with van der Waals surface area (Å²) in [4.78, 5) is 11.8. The molecule has 1 amide bonds. The van der Waals surface area contributed by atoms with Crippen LogP contribution in [0.1, 0.15) is 18.5 Å². The van der Waals surface area contributed by atoms with E-state index in [2.05, 4.69) is 10.6 Å². The van der Waals surface area contributed by atoms with Gasteiger partial charge in [0.25, 0.3) is 0 Å². The summed E-state index contributed by atoms with van der Waals surface area (Å²) in [5.74, 6) is 0.257. The minimum Gasteiger partial charge on any atom is -0.496 e. The van der Waals surface area contributed by atoms with Crippen LogP contribution in [0.15, 0.2) is 18.2 Å². The summed E-state index contributed by atoms with van der Waals surface area (Å²) in [6.07, 6.45) is 0. The molecule has 0 radical (unpaired) electrons. The SMILES string of the molecule is COc1ccc(F)cc1C(C)NC(=O)C1CNC1. The van der Waals surface area contributed by atoms with Gasteiger partial charge in [0.2, 0.25) is 5.91 Å². The fourth-order valence-electron chi connectivity index (χ4n) is 1.93. The smallest absolute Gasteiger partial charge is 0.226 e. The van der Waals surface area contributed by atoms with E-state index in [4.69, 9.17) is 4.74 Å². The quantitative estimate of drug-likeness (QED) is 0.847. The highest BCUT2D eigenvalue weighted by Gasteiger charge is 2.26. The molecule has 1 aromatic carbocycles. The fraction of sp³-hybridized carbons (Fsp3) is 0.462. The van der Waals surface area contributed by atoms with Gasteiger partial charge in [0.15, 0.2) is 0 Å². The Kier molecular flexibility index (Phi) is 3.81. The van der Waals surface area contributed by atoms with Crippen LogP contribution in [0.25, 0.3) is 0 Å². The van der Waals surface area contributed by atoms with Crippen LogP contribution in [0.5, 0.6) is 5.75 Å². The molecule has 18 heavy (non-hydrogen) atoms. The lowest BCUT2D eigenvalue weighted by atomic mass is 10.0. The Morgan fingerprint density at radius 1 is 1.56 bits per heavy atom. The molecule has 2 rings (SSSR count). The summed E-state index contributed by atoms with van der Waals surface area (Å²) < 4.78 is 18.4. The maximum absolute atomic E-state index is 13.2. The van der Waals surface area contributed by atoms with Crippen molar-refractivity contribution in [3.05, 3.63) is 29.6 Å². The lowest BCUT2D eigenvalue weighted by Gasteiger charge is -2.28. The van der Waals surface area contributed by atoms with Crippen LogP contribution in [0.3, 0.4) is 0 Å². The van der Waals surface area contributed by atoms with Crippen molar-refractivity contribution in [3.63, 3.8) is 0 Å². The Morgan fingerprint density at radius 3 is 2.83 bits per heavy atom. The monoisotopic (exact) mass is 252 g/mol. The standard InChI is InChI=1S/C13H17FN2O2/c1-8(16-13(17)9-6-15-7-9)11-5-10(14)3-4-12(11)18-2/h3-5,8-9,15H,6-7H2,1-2H3,(H,16,17). The molecule has 98 valence electrons. The predicted molar refractivity (Wildman–Crippen MR) is 65.9 cm³/mol. The highest BCUT2D eigenvalue weighted by atomic mass is 19.1. The number of hydrogen-bond donors (Lipinski definition) is 2. The Morgan fingerprint density at radius 2 is 2.28 bits per heavy atom. The Hall–Kier alpha value is -1.62. The first-order chi connectivity index (χ1) is 8.61. The average molecular weight is 252 g/mol. The molecule has 4 nitrogen and oxygen atoms in total. The van der Waals surface area contributed by atoms with Gasteiger partial charge in [-0.15, -0.1) is 0 Å². The van der Waals surface area contributed by atoms with Gasteiger partial charge in [-0.05, 0) is 25.1 Å². The molecule has 2 N–H and O–H groups in total. The number of nitrogens with one attached hydrogen (secondary N) is 2. The van der Waals surface area contributed by atoms with Gasteiger partial charge in [0, 0.05) is 18.7 Å². The van der Waals surface area contributed by atoms with Crippen molar-refractivity contribution >= 4 is 5.91 Å². The molecule has 1 aliphatic heterocycles. The first-order valence-electron chi connectivity index (χ1n) is 5.96. The second-order valence-electron chi connectivity index (χ2n) is 4.47. The highest BCUT2D eigenvalue weighted by Crippen LogP contribution is 2.26. The van der Waals surface area contributed by atoms with Crippen molar-refractivity contribution in [2.45, 2.75) is 13.0 Å². The number of carbonyl (C=O) groups is 1. The van der Waals surface area contributed by atoms with E-state index in [0.29, 0.717) is 24.4 Å². The van der Waals surface area contributed by atoms with E-state index in [1.807, 2.05) is 6.92 Å². The van der Waals surface area contributed by atoms with Gasteiger partial charge in [-0.1, -0.05) is 0 Å². The number of methoxy groups -OCH3 is 1. The summed E-state index contributed by atoms with van der Waals surface area (Å²) in [6, 6.07) is 4.03. The summed E-state index contributed by atoms with van der Waals surface area (Å²) >= 11 is 0. The molecule has 1 atom stereocenters. The van der Waals surface area contributed by atoms with E-state index in [1.165, 1.54) is 19.2 Å². The number of amides is 1. The Balaban J connectivity index is 2.09. The van der Waals surface area contributed by atoms with Crippen molar-refractivity contribution in [2.75, 3.05) is 20.2 Å². The molecule has 1 aromatic rings. The average Bonchev–Trinajstić information content (AvgIpc) is 2.26. The van der Waals surface area contributed by atoms with E-state index in [9.17, 15) is 9.18 Å². The van der Waals surface area contributed by atoms with E-state index >= 15 is 0 Å². The van der Waals surface area contributed by atoms with Crippen molar-refractivity contribution in [3.8, 4) is 5.75 Å². The van der Waals surface area contributed by atoms with E-state index < -0.39 is 0 Å². The normalized spacial score (nSPS) is 16.8. The van der Waals surface area contributed by atoms with Crippen LogP contribution in [0, 0.1) is 11.7 Å². The van der Waals surface area contributed by atoms with E-state index in [-0.39, 0.29) is 23.7 Å². The summed E-state index contributed by atoms with van der Waals surface area (Å²) in [7, 11) is 1.53. The first kappa shape index (κ1) is 12.8. The van der Waals surface area contributed by atoms with Gasteiger partial charge in [0.05, 0.1) is 19.1 Å². The van der Waals surface area contributed by atoms with Crippen LogP contribution >= 0.6 is 0 Å². The summed E-state index contributed by atoms with van der Waals surface area (Å²) in [6.45, 7) is 3.24. The zero-order valence-electron chi connectivity index (χ0n) is 10.5. The fourth-order valence-corrected chi connectivity index (χ4v) is 1.93. The van der Waals surface area contributed by atoms with Gasteiger partial charge in [0.1, 0.15) is 11.6 Å². The number of ether oxygens (including phenoxy) is 1. The molecule has 0 spiro atoms. The molecule has 0 aromatic heterocycles. The van der Waals surface area contributed by atoms with Crippen molar-refractivity contribution in [1.29, 1.82) is 0 Å². The maximum atomic E-state index is 13.2. The van der Waals surface area contributed by atoms with Crippen LogP contribution in [-0.4, -0.2) is 26.1 Å². The third kappa shape index (κ3) is 2.61. The zero-order valence-corrected chi connectivity index (χ0v) is 10.5. The lowest BCUT2D eigenvalue weighted by molar-refractivity contribution is -0.127. The van der Waals surface area contributed by atoms with Crippen LogP contribution in [0.4, 0.5) is 4.39 Å². The van der Waals surface area contributed by atoms with Gasteiger partial charge in [-0.3, -0.25) is 4.79 Å². The van der Waals surface area contributed by atoms with Crippen molar-refractivity contribution in [1.82, 2.24) is 10.6 Å².